The van der Waals surface area contributed by atoms with Gasteiger partial charge in [0.15, 0.2) is 0 Å². The van der Waals surface area contributed by atoms with Gasteiger partial charge in [0.25, 0.3) is 0 Å². The van der Waals surface area contributed by atoms with Crippen LogP contribution in [0.4, 0.5) is 0 Å². The van der Waals surface area contributed by atoms with E-state index in [2.05, 4.69) is 0 Å². The molecule has 0 N–H and O–H groups in total. The second kappa shape index (κ2) is 28.1. The minimum atomic E-state index is 0. The van der Waals surface area contributed by atoms with Crippen LogP contribution in [0.25, 0.3) is 0 Å². The van der Waals surface area contributed by atoms with Crippen molar-refractivity contribution in [2.75, 3.05) is 0 Å². The average Bonchev–Trinajstić information content (AvgIpc) is 0. The molecule has 5 heavy (non-hydrogen) atoms. The van der Waals surface area contributed by atoms with E-state index in [4.69, 9.17) is 0 Å². The van der Waals surface area contributed by atoms with Gasteiger partial charge in [-0.05, 0) is 21.9 Å². The first-order valence-electron chi connectivity index (χ1n) is 0. The van der Waals surface area contributed by atoms with Crippen molar-refractivity contribution < 1.29 is 22.8 Å². The van der Waals surface area contributed by atoms with Crippen LogP contribution in [0.15, 0.2) is 0 Å². The van der Waals surface area contributed by atoms with Gasteiger partial charge in [0.2, 0.25) is 0 Å². The van der Waals surface area contributed by atoms with Crippen LogP contribution in [0.5, 0.6) is 0 Å². The van der Waals surface area contributed by atoms with Crippen LogP contribution < -0.4 is 0 Å². The van der Waals surface area contributed by atoms with Crippen LogP contribution in [0.2, 0.25) is 0 Å². The molecule has 0 heterocycles. The minimum Gasteiger partial charge on any atom is -1.00 e. The van der Waals surface area contributed by atoms with Gasteiger partial charge in [-0.15, -0.1) is 0 Å². The van der Waals surface area contributed by atoms with E-state index in [9.17, 15) is 0 Å². The Balaban J connectivity index is 0. The maximum absolute atomic E-state index is 0. The summed E-state index contributed by atoms with van der Waals surface area (Å²) >= 11 is 0. The Labute approximate surface area is 104 Å². The Morgan fingerprint density at radius 2 is 1.00 bits per heavy atom. The Kier molecular flexibility index (Phi) is 246. The Bertz CT molecular complexity index is 18.5. The van der Waals surface area contributed by atoms with Crippen molar-refractivity contribution in [3.05, 3.63) is 0 Å². The monoisotopic (exact) mass is 188 g/mol. The molecule has 0 atom stereocenters. The van der Waals surface area contributed by atoms with Gasteiger partial charge < -0.3 is 5.71 Å². The molecule has 0 amide bonds. The zero-order chi connectivity index (χ0) is 0. The predicted molar refractivity (Wildman–Crippen MR) is 38.6 cm³/mol. The minimum absolute atomic E-state index is 0. The van der Waals surface area contributed by atoms with Gasteiger partial charge in [-0.3, -0.25) is 0 Å². The zero-order valence-electron chi connectivity index (χ0n) is 5.77. The fraction of sp³-hybridized carbons (Fsp3) is 0. The van der Waals surface area contributed by atoms with Crippen molar-refractivity contribution in [1.29, 1.82) is 0 Å². The Morgan fingerprint density at radius 3 is 1.00 bits per heavy atom. The van der Waals surface area contributed by atoms with Crippen molar-refractivity contribution in [2.24, 2.45) is 0 Å². The SMILES string of the molecule is [Ca+2].[Fe].[H-].[H-].[H-].[H-].[Mg+2].[SiH4].[SiH4]. The second-order valence-electron chi connectivity index (χ2n) is 0. The maximum Gasteiger partial charge on any atom is 2.00 e. The van der Waals surface area contributed by atoms with E-state index in [0.717, 1.165) is 0 Å². The smallest absolute Gasteiger partial charge is 1.00 e. The van der Waals surface area contributed by atoms with E-state index >= 15 is 0 Å². The summed E-state index contributed by atoms with van der Waals surface area (Å²) in [5, 5.41) is 0. The van der Waals surface area contributed by atoms with Gasteiger partial charge in [0, 0.05) is 17.1 Å². The molecule has 0 aromatic heterocycles. The summed E-state index contributed by atoms with van der Waals surface area (Å²) in [6.45, 7) is 0. The third kappa shape index (κ3) is 19.5. The first-order chi connectivity index (χ1) is 0. The van der Waals surface area contributed by atoms with Crippen molar-refractivity contribution in [2.45, 2.75) is 0 Å². The van der Waals surface area contributed by atoms with E-state index in [1.54, 1.807) is 0 Å². The van der Waals surface area contributed by atoms with Crippen LogP contribution in [-0.2, 0) is 17.1 Å². The summed E-state index contributed by atoms with van der Waals surface area (Å²) in [7, 11) is 0. The maximum atomic E-state index is 0. The van der Waals surface area contributed by atoms with Crippen LogP contribution in [0.1, 0.15) is 5.71 Å². The normalized spacial score (nSPS) is 0. The van der Waals surface area contributed by atoms with Gasteiger partial charge >= 0.3 is 60.8 Å². The quantitative estimate of drug-likeness (QED) is 0.351. The van der Waals surface area contributed by atoms with Gasteiger partial charge in [0.05, 0.1) is 0 Å². The molecular weight excluding hydrogens is 176 g/mol. The fourth-order valence-corrected chi connectivity index (χ4v) is 0. The van der Waals surface area contributed by atoms with Gasteiger partial charge in [-0.1, -0.05) is 0 Å². The van der Waals surface area contributed by atoms with Crippen LogP contribution in [0.3, 0.4) is 0 Å². The number of hydrogen-bond donors (Lipinski definition) is 0. The molecule has 0 aliphatic heterocycles. The molecule has 0 aliphatic rings. The zero-order valence-corrected chi connectivity index (χ0v) is 6.49. The van der Waals surface area contributed by atoms with Gasteiger partial charge in [0.1, 0.15) is 0 Å². The van der Waals surface area contributed by atoms with Crippen LogP contribution in [-0.4, -0.2) is 82.7 Å². The fourth-order valence-electron chi connectivity index (χ4n) is 0. The third-order valence-corrected chi connectivity index (χ3v) is 0. The molecule has 0 aliphatic carbocycles. The summed E-state index contributed by atoms with van der Waals surface area (Å²) < 4.78 is 0. The second-order valence-corrected chi connectivity index (χ2v) is 0. The summed E-state index contributed by atoms with van der Waals surface area (Å²) in [4.78, 5) is 0. The molecule has 0 aromatic rings. The molecule has 0 saturated heterocycles. The van der Waals surface area contributed by atoms with E-state index in [1.165, 1.54) is 0 Å². The largest absolute Gasteiger partial charge is 2.00 e. The number of rotatable bonds is 0. The van der Waals surface area contributed by atoms with Gasteiger partial charge in [-0.25, -0.2) is 0 Å². The summed E-state index contributed by atoms with van der Waals surface area (Å²) in [6, 6.07) is 0. The molecule has 5 heteroatoms. The topological polar surface area (TPSA) is 0 Å². The van der Waals surface area contributed by atoms with Gasteiger partial charge in [-0.2, -0.15) is 0 Å². The molecule has 0 spiro atoms. The van der Waals surface area contributed by atoms with Crippen LogP contribution in [0, 0.1) is 0 Å². The Hall–Kier alpha value is 2.98. The third-order valence-electron chi connectivity index (χ3n) is 0. The van der Waals surface area contributed by atoms with Crippen molar-refractivity contribution in [1.82, 2.24) is 0 Å². The van der Waals surface area contributed by atoms with E-state index in [0.29, 0.717) is 0 Å². The predicted octanol–water partition coefficient (Wildman–Crippen LogP) is -3.22. The molecule has 0 aromatic carbocycles. The average molecular weight is 188 g/mol. The van der Waals surface area contributed by atoms with E-state index < -0.39 is 0 Å². The number of hydrogen-bond acceptors (Lipinski definition) is 0. The molecule has 0 radical (unpaired) electrons. The van der Waals surface area contributed by atoms with Crippen molar-refractivity contribution in [3.63, 3.8) is 0 Å². The Morgan fingerprint density at radius 1 is 1.00 bits per heavy atom. The van der Waals surface area contributed by atoms with Crippen molar-refractivity contribution in [3.8, 4) is 0 Å². The molecular formula is H12CaFeMgSi2. The van der Waals surface area contributed by atoms with Crippen LogP contribution >= 0.6 is 0 Å². The molecule has 32 valence electrons. The molecule has 0 bridgehead atoms. The molecule has 0 saturated carbocycles. The standard InChI is InChI=1S/Ca.Fe.Mg.2H4Si.4H/h;;;2*1H4;;;;/q+2;;+2;;;4*-1. The van der Waals surface area contributed by atoms with E-state index in [-0.39, 0.29) is 105 Å². The molecule has 0 nitrogen and oxygen atoms in total. The molecule has 0 fully saturated rings. The van der Waals surface area contributed by atoms with Crippen molar-refractivity contribution >= 4 is 82.7 Å². The summed E-state index contributed by atoms with van der Waals surface area (Å²) in [5.74, 6) is 0. The first kappa shape index (κ1) is 43.8. The van der Waals surface area contributed by atoms with E-state index in [1.807, 2.05) is 0 Å². The summed E-state index contributed by atoms with van der Waals surface area (Å²) in [6.07, 6.45) is 0. The molecule has 0 rings (SSSR count). The summed E-state index contributed by atoms with van der Waals surface area (Å²) in [5.41, 5.74) is 0. The molecule has 0 unspecified atom stereocenters. The first-order valence-corrected chi connectivity index (χ1v) is 0.